The van der Waals surface area contributed by atoms with Crippen LogP contribution in [-0.4, -0.2) is 50.4 Å². The van der Waals surface area contributed by atoms with Gasteiger partial charge in [-0.3, -0.25) is 14.8 Å². The van der Waals surface area contributed by atoms with Gasteiger partial charge in [0.15, 0.2) is 0 Å². The summed E-state index contributed by atoms with van der Waals surface area (Å²) in [5, 5.41) is 20.2. The molecule has 1 aliphatic rings. The highest BCUT2D eigenvalue weighted by molar-refractivity contribution is 5.96. The van der Waals surface area contributed by atoms with Gasteiger partial charge in [0.25, 0.3) is 5.69 Å². The van der Waals surface area contributed by atoms with Gasteiger partial charge in [0.1, 0.15) is 11.3 Å². The molecule has 2 aromatic rings. The summed E-state index contributed by atoms with van der Waals surface area (Å²) in [7, 11) is 0. The Morgan fingerprint density at radius 1 is 1.33 bits per heavy atom. The summed E-state index contributed by atoms with van der Waals surface area (Å²) < 4.78 is 7.38. The summed E-state index contributed by atoms with van der Waals surface area (Å²) in [6.45, 7) is 10.6. The molecule has 9 nitrogen and oxygen atoms in total. The van der Waals surface area contributed by atoms with Crippen molar-refractivity contribution in [2.24, 2.45) is 0 Å². The standard InChI is InChI=1S/C21H31N5O4/c1-14(2)25-17-9-10-18(26(28)29)19(16(17)12-22-25)23-15-8-6-7-11-24(13-15)20(27)30-21(3,4)5/h9-10,12,14-15,23H,6-8,11,13H2,1-5H3/t15-/m1/s1. The Bertz CT molecular complexity index is 931. The average molecular weight is 418 g/mol. The first kappa shape index (κ1) is 21.9. The molecule has 1 aromatic heterocycles. The molecule has 0 saturated carbocycles. The van der Waals surface area contributed by atoms with Gasteiger partial charge in [-0.15, -0.1) is 0 Å². The molecule has 1 fully saturated rings. The number of hydrogen-bond acceptors (Lipinski definition) is 6. The molecule has 1 amide bonds. The molecule has 30 heavy (non-hydrogen) atoms. The second-order valence-electron chi connectivity index (χ2n) is 9.10. The molecule has 164 valence electrons. The first-order valence-electron chi connectivity index (χ1n) is 10.5. The first-order chi connectivity index (χ1) is 14.1. The summed E-state index contributed by atoms with van der Waals surface area (Å²) in [6, 6.07) is 3.28. The molecule has 0 radical (unpaired) electrons. The molecule has 0 aliphatic carbocycles. The Morgan fingerprint density at radius 3 is 2.70 bits per heavy atom. The van der Waals surface area contributed by atoms with Crippen LogP contribution in [0.15, 0.2) is 18.3 Å². The summed E-state index contributed by atoms with van der Waals surface area (Å²) in [5.41, 5.74) is 0.748. The quantitative estimate of drug-likeness (QED) is 0.570. The number of benzene rings is 1. The maximum absolute atomic E-state index is 12.6. The Hall–Kier alpha value is -2.84. The number of ether oxygens (including phenoxy) is 1. The fraction of sp³-hybridized carbons (Fsp3) is 0.619. The zero-order valence-electron chi connectivity index (χ0n) is 18.3. The molecule has 1 N–H and O–H groups in total. The van der Waals surface area contributed by atoms with Gasteiger partial charge in [-0.05, 0) is 59.9 Å². The second kappa shape index (κ2) is 8.49. The molecule has 2 heterocycles. The lowest BCUT2D eigenvalue weighted by molar-refractivity contribution is -0.383. The number of hydrogen-bond donors (Lipinski definition) is 1. The molecule has 0 unspecified atom stereocenters. The van der Waals surface area contributed by atoms with E-state index in [1.807, 2.05) is 39.3 Å². The fourth-order valence-corrected chi connectivity index (χ4v) is 3.78. The monoisotopic (exact) mass is 417 g/mol. The SMILES string of the molecule is CC(C)n1ncc2c(N[C@@H]3CCCCN(C(=O)OC(C)(C)C)C3)c([N+](=O)[O-])ccc21. The number of nitrogens with zero attached hydrogens (tertiary/aromatic N) is 4. The number of likely N-dealkylation sites (tertiary alicyclic amines) is 1. The van der Waals surface area contributed by atoms with Gasteiger partial charge < -0.3 is 15.0 Å². The van der Waals surface area contributed by atoms with Crippen molar-refractivity contribution in [3.8, 4) is 0 Å². The Morgan fingerprint density at radius 2 is 2.07 bits per heavy atom. The first-order valence-corrected chi connectivity index (χ1v) is 10.5. The van der Waals surface area contributed by atoms with E-state index in [1.54, 1.807) is 17.2 Å². The highest BCUT2D eigenvalue weighted by Crippen LogP contribution is 2.35. The van der Waals surface area contributed by atoms with Crippen LogP contribution in [0.5, 0.6) is 0 Å². The number of nitro groups is 1. The zero-order valence-corrected chi connectivity index (χ0v) is 18.3. The number of aromatic nitrogens is 2. The van der Waals surface area contributed by atoms with E-state index in [2.05, 4.69) is 10.4 Å². The van der Waals surface area contributed by atoms with Gasteiger partial charge in [0, 0.05) is 31.2 Å². The number of fused-ring (bicyclic) bond motifs is 1. The van der Waals surface area contributed by atoms with E-state index in [0.29, 0.717) is 24.2 Å². The summed E-state index contributed by atoms with van der Waals surface area (Å²) >= 11 is 0. The molecule has 1 saturated heterocycles. The van der Waals surface area contributed by atoms with E-state index in [9.17, 15) is 14.9 Å². The van der Waals surface area contributed by atoms with Crippen LogP contribution in [0.1, 0.15) is 59.9 Å². The third-order valence-electron chi connectivity index (χ3n) is 5.12. The van der Waals surface area contributed by atoms with Gasteiger partial charge in [0.2, 0.25) is 0 Å². The van der Waals surface area contributed by atoms with Crippen LogP contribution in [0, 0.1) is 10.1 Å². The van der Waals surface area contributed by atoms with E-state index in [1.165, 1.54) is 6.07 Å². The van der Waals surface area contributed by atoms with Gasteiger partial charge in [-0.2, -0.15) is 5.10 Å². The number of nitro benzene ring substituents is 1. The molecular formula is C21H31N5O4. The van der Waals surface area contributed by atoms with Gasteiger partial charge >= 0.3 is 6.09 Å². The third kappa shape index (κ3) is 4.83. The average Bonchev–Trinajstić information content (AvgIpc) is 2.93. The fourth-order valence-electron chi connectivity index (χ4n) is 3.78. The lowest BCUT2D eigenvalue weighted by Gasteiger charge is -2.29. The van der Waals surface area contributed by atoms with E-state index in [4.69, 9.17) is 4.74 Å². The normalized spacial score (nSPS) is 17.8. The summed E-state index contributed by atoms with van der Waals surface area (Å²) in [4.78, 5) is 25.6. The minimum absolute atomic E-state index is 0.0128. The topological polar surface area (TPSA) is 103 Å². The van der Waals surface area contributed by atoms with Crippen LogP contribution >= 0.6 is 0 Å². The Balaban J connectivity index is 1.91. The van der Waals surface area contributed by atoms with E-state index < -0.39 is 5.60 Å². The lowest BCUT2D eigenvalue weighted by atomic mass is 10.1. The molecule has 0 bridgehead atoms. The molecule has 1 aromatic carbocycles. The summed E-state index contributed by atoms with van der Waals surface area (Å²) in [5.74, 6) is 0. The second-order valence-corrected chi connectivity index (χ2v) is 9.10. The van der Waals surface area contributed by atoms with Crippen molar-refractivity contribution in [1.82, 2.24) is 14.7 Å². The van der Waals surface area contributed by atoms with Crippen LogP contribution in [0.4, 0.5) is 16.2 Å². The van der Waals surface area contributed by atoms with E-state index >= 15 is 0 Å². The Labute approximate surface area is 176 Å². The van der Waals surface area contributed by atoms with Crippen LogP contribution in [0.25, 0.3) is 10.9 Å². The van der Waals surface area contributed by atoms with Crippen molar-refractivity contribution >= 4 is 28.4 Å². The highest BCUT2D eigenvalue weighted by atomic mass is 16.6. The number of carbonyl (C=O) groups excluding carboxylic acids is 1. The van der Waals surface area contributed by atoms with Crippen molar-refractivity contribution in [2.45, 2.75) is 71.6 Å². The zero-order chi connectivity index (χ0) is 22.1. The number of nitrogens with one attached hydrogen (secondary N) is 1. The van der Waals surface area contributed by atoms with Crippen LogP contribution < -0.4 is 5.32 Å². The molecule has 9 heteroatoms. The molecular weight excluding hydrogens is 386 g/mol. The van der Waals surface area contributed by atoms with Crippen molar-refractivity contribution < 1.29 is 14.5 Å². The molecule has 0 spiro atoms. The largest absolute Gasteiger partial charge is 0.444 e. The maximum Gasteiger partial charge on any atom is 0.410 e. The predicted molar refractivity (Wildman–Crippen MR) is 116 cm³/mol. The Kier molecular flexibility index (Phi) is 6.19. The van der Waals surface area contributed by atoms with Crippen molar-refractivity contribution in [1.29, 1.82) is 0 Å². The smallest absolute Gasteiger partial charge is 0.410 e. The number of amides is 1. The molecule has 3 rings (SSSR count). The number of anilines is 1. The predicted octanol–water partition coefficient (Wildman–Crippen LogP) is 4.73. The van der Waals surface area contributed by atoms with Gasteiger partial charge in [-0.25, -0.2) is 4.79 Å². The maximum atomic E-state index is 12.6. The minimum Gasteiger partial charge on any atom is -0.444 e. The van der Waals surface area contributed by atoms with E-state index in [-0.39, 0.29) is 28.8 Å². The summed E-state index contributed by atoms with van der Waals surface area (Å²) in [6.07, 6.45) is 3.93. The van der Waals surface area contributed by atoms with Crippen molar-refractivity contribution in [2.75, 3.05) is 18.4 Å². The number of rotatable bonds is 4. The van der Waals surface area contributed by atoms with Crippen LogP contribution in [0.2, 0.25) is 0 Å². The molecule has 1 atom stereocenters. The minimum atomic E-state index is -0.567. The lowest BCUT2D eigenvalue weighted by Crippen LogP contribution is -2.42. The van der Waals surface area contributed by atoms with Gasteiger partial charge in [0.05, 0.1) is 22.0 Å². The van der Waals surface area contributed by atoms with Crippen LogP contribution in [0.3, 0.4) is 0 Å². The van der Waals surface area contributed by atoms with Crippen molar-refractivity contribution in [3.63, 3.8) is 0 Å². The third-order valence-corrected chi connectivity index (χ3v) is 5.12. The van der Waals surface area contributed by atoms with Crippen molar-refractivity contribution in [3.05, 3.63) is 28.4 Å². The highest BCUT2D eigenvalue weighted by Gasteiger charge is 2.28. The molecule has 1 aliphatic heterocycles. The van der Waals surface area contributed by atoms with E-state index in [0.717, 1.165) is 24.8 Å². The number of carbonyl (C=O) groups is 1. The van der Waals surface area contributed by atoms with Crippen LogP contribution in [-0.2, 0) is 4.74 Å². The van der Waals surface area contributed by atoms with Gasteiger partial charge in [-0.1, -0.05) is 0 Å².